The highest BCUT2D eigenvalue weighted by molar-refractivity contribution is 5.80. The highest BCUT2D eigenvalue weighted by Crippen LogP contribution is 2.23. The van der Waals surface area contributed by atoms with Crippen LogP contribution in [0, 0.1) is 0 Å². The zero-order valence-corrected chi connectivity index (χ0v) is 10.5. The Morgan fingerprint density at radius 3 is 2.60 bits per heavy atom. The Kier molecular flexibility index (Phi) is 4.28. The van der Waals surface area contributed by atoms with E-state index in [-0.39, 0.29) is 0 Å². The predicted octanol–water partition coefficient (Wildman–Crippen LogP) is 1.70. The maximum absolute atomic E-state index is 11.2. The lowest BCUT2D eigenvalue weighted by Crippen LogP contribution is -2.28. The zero-order chi connectivity index (χ0) is 14.4. The molecule has 0 aliphatic heterocycles. The molecule has 2 rings (SSSR count). The fourth-order valence-corrected chi connectivity index (χ4v) is 1.78. The van der Waals surface area contributed by atoms with E-state index in [4.69, 9.17) is 0 Å². The topological polar surface area (TPSA) is 91.3 Å². The summed E-state index contributed by atoms with van der Waals surface area (Å²) in [6, 6.07) is 11.3. The maximum Gasteiger partial charge on any atom is 0.331 e. The van der Waals surface area contributed by atoms with Crippen molar-refractivity contribution in [1.82, 2.24) is 10.3 Å². The van der Waals surface area contributed by atoms with Crippen LogP contribution in [0.2, 0.25) is 0 Å². The molecule has 1 heterocycles. The molecule has 0 aliphatic rings. The Balaban J connectivity index is 2.34. The minimum absolute atomic E-state index is 0.359. The molecule has 0 unspecified atom stereocenters. The molecule has 1 aromatic heterocycles. The second kappa shape index (κ2) is 6.33. The van der Waals surface area contributed by atoms with Gasteiger partial charge in [-0.2, -0.15) is 0 Å². The lowest BCUT2D eigenvalue weighted by Gasteiger charge is -2.16. The lowest BCUT2D eigenvalue weighted by molar-refractivity contribution is -0.140. The molecule has 0 saturated heterocycles. The Bertz CT molecular complexity index is 602. The van der Waals surface area contributed by atoms with Gasteiger partial charge in [0.1, 0.15) is 5.82 Å². The van der Waals surface area contributed by atoms with Crippen molar-refractivity contribution >= 4 is 23.9 Å². The van der Waals surface area contributed by atoms with Crippen molar-refractivity contribution in [2.24, 2.45) is 0 Å². The molecule has 2 aromatic rings. The number of para-hydroxylation sites is 1. The first-order valence-corrected chi connectivity index (χ1v) is 5.92. The molecule has 0 aliphatic carbocycles. The summed E-state index contributed by atoms with van der Waals surface area (Å²) in [4.78, 5) is 25.9. The number of anilines is 2. The minimum atomic E-state index is -1.15. The summed E-state index contributed by atoms with van der Waals surface area (Å²) in [5.74, 6) is -0.762. The molecule has 20 heavy (non-hydrogen) atoms. The van der Waals surface area contributed by atoms with Crippen molar-refractivity contribution in [3.8, 4) is 0 Å². The molecular weight excluding hydrogens is 258 g/mol. The quantitative estimate of drug-likeness (QED) is 0.695. The van der Waals surface area contributed by atoms with Crippen molar-refractivity contribution in [2.45, 2.75) is 6.04 Å². The fraction of sp³-hybridized carbons (Fsp3) is 0.0714. The number of carbonyl (C=O) groups is 2. The number of hydrogen-bond acceptors (Lipinski definition) is 4. The number of amides is 1. The van der Waals surface area contributed by atoms with Gasteiger partial charge in [0.05, 0.1) is 0 Å². The first kappa shape index (κ1) is 13.5. The number of nitrogens with one attached hydrogen (secondary N) is 2. The fourth-order valence-electron chi connectivity index (χ4n) is 1.78. The molecule has 102 valence electrons. The highest BCUT2D eigenvalue weighted by Gasteiger charge is 2.22. The molecule has 0 saturated carbocycles. The number of aromatic nitrogens is 1. The van der Waals surface area contributed by atoms with Crippen LogP contribution in [-0.2, 0) is 9.59 Å². The monoisotopic (exact) mass is 271 g/mol. The second-order valence-corrected chi connectivity index (χ2v) is 3.99. The highest BCUT2D eigenvalue weighted by atomic mass is 16.4. The van der Waals surface area contributed by atoms with Gasteiger partial charge in [-0.25, -0.2) is 9.78 Å². The van der Waals surface area contributed by atoms with Gasteiger partial charge in [-0.3, -0.25) is 4.79 Å². The van der Waals surface area contributed by atoms with Crippen molar-refractivity contribution in [3.63, 3.8) is 0 Å². The van der Waals surface area contributed by atoms with E-state index >= 15 is 0 Å². The van der Waals surface area contributed by atoms with Gasteiger partial charge in [0.2, 0.25) is 6.41 Å². The van der Waals surface area contributed by atoms with Crippen molar-refractivity contribution < 1.29 is 14.7 Å². The van der Waals surface area contributed by atoms with Crippen LogP contribution >= 0.6 is 0 Å². The van der Waals surface area contributed by atoms with Crippen molar-refractivity contribution in [2.75, 3.05) is 5.32 Å². The third kappa shape index (κ3) is 3.11. The second-order valence-electron chi connectivity index (χ2n) is 3.99. The summed E-state index contributed by atoms with van der Waals surface area (Å²) in [5, 5.41) is 14.5. The number of carboxylic acids is 1. The van der Waals surface area contributed by atoms with Crippen molar-refractivity contribution in [1.29, 1.82) is 0 Å². The average molecular weight is 271 g/mol. The average Bonchev–Trinajstić information content (AvgIpc) is 2.46. The van der Waals surface area contributed by atoms with Crippen LogP contribution in [0.3, 0.4) is 0 Å². The summed E-state index contributed by atoms with van der Waals surface area (Å²) in [6.07, 6.45) is 1.91. The number of pyridine rings is 1. The number of carboxylic acid groups (broad SMARTS) is 1. The standard InChI is InChI=1S/C14H13N3O3/c18-9-16-12(14(19)20)11-7-4-8-15-13(11)17-10-5-2-1-3-6-10/h1-9,12H,(H,15,17)(H,16,18)(H,19,20)/t12-/m0/s1. The largest absolute Gasteiger partial charge is 0.479 e. The third-order valence-electron chi connectivity index (χ3n) is 2.67. The molecule has 0 fully saturated rings. The summed E-state index contributed by atoms with van der Waals surface area (Å²) in [6.45, 7) is 0. The van der Waals surface area contributed by atoms with Crippen LogP contribution in [0.4, 0.5) is 11.5 Å². The maximum atomic E-state index is 11.2. The van der Waals surface area contributed by atoms with E-state index in [0.717, 1.165) is 5.69 Å². The molecule has 0 bridgehead atoms. The molecule has 1 atom stereocenters. The van der Waals surface area contributed by atoms with Crippen LogP contribution in [-0.4, -0.2) is 22.5 Å². The first-order valence-electron chi connectivity index (χ1n) is 5.92. The van der Waals surface area contributed by atoms with E-state index in [9.17, 15) is 14.7 Å². The van der Waals surface area contributed by atoms with E-state index in [1.54, 1.807) is 18.3 Å². The van der Waals surface area contributed by atoms with Gasteiger partial charge in [0.25, 0.3) is 0 Å². The number of carbonyl (C=O) groups excluding carboxylic acids is 1. The number of hydrogen-bond donors (Lipinski definition) is 3. The van der Waals surface area contributed by atoms with Crippen LogP contribution in [0.25, 0.3) is 0 Å². The van der Waals surface area contributed by atoms with E-state index in [2.05, 4.69) is 15.6 Å². The molecule has 1 aromatic carbocycles. The van der Waals surface area contributed by atoms with Crippen molar-refractivity contribution in [3.05, 3.63) is 54.2 Å². The Labute approximate surface area is 115 Å². The molecule has 0 spiro atoms. The Morgan fingerprint density at radius 1 is 1.20 bits per heavy atom. The molecule has 0 radical (unpaired) electrons. The molecule has 3 N–H and O–H groups in total. The van der Waals surface area contributed by atoms with E-state index in [0.29, 0.717) is 17.8 Å². The molecule has 6 heteroatoms. The smallest absolute Gasteiger partial charge is 0.331 e. The Morgan fingerprint density at radius 2 is 1.95 bits per heavy atom. The van der Waals surface area contributed by atoms with Crippen LogP contribution in [0.15, 0.2) is 48.7 Å². The number of aliphatic carboxylic acids is 1. The number of benzene rings is 1. The van der Waals surface area contributed by atoms with E-state index in [1.807, 2.05) is 30.3 Å². The predicted molar refractivity (Wildman–Crippen MR) is 73.5 cm³/mol. The van der Waals surface area contributed by atoms with Gasteiger partial charge < -0.3 is 15.7 Å². The van der Waals surface area contributed by atoms with Gasteiger partial charge in [0, 0.05) is 17.4 Å². The van der Waals surface area contributed by atoms with Crippen LogP contribution < -0.4 is 10.6 Å². The van der Waals surface area contributed by atoms with Gasteiger partial charge in [0.15, 0.2) is 6.04 Å². The van der Waals surface area contributed by atoms with Crippen LogP contribution in [0.5, 0.6) is 0 Å². The lowest BCUT2D eigenvalue weighted by atomic mass is 10.1. The Hall–Kier alpha value is -2.89. The third-order valence-corrected chi connectivity index (χ3v) is 2.67. The van der Waals surface area contributed by atoms with Crippen LogP contribution in [0.1, 0.15) is 11.6 Å². The number of rotatable bonds is 6. The zero-order valence-electron chi connectivity index (χ0n) is 10.5. The van der Waals surface area contributed by atoms with Gasteiger partial charge in [-0.15, -0.1) is 0 Å². The SMILES string of the molecule is O=CN[C@H](C(=O)O)c1cccnc1Nc1ccccc1. The summed E-state index contributed by atoms with van der Waals surface area (Å²) >= 11 is 0. The van der Waals surface area contributed by atoms with Gasteiger partial charge in [-0.05, 0) is 18.2 Å². The first-order chi connectivity index (χ1) is 9.72. The van der Waals surface area contributed by atoms with E-state index in [1.165, 1.54) is 0 Å². The molecule has 1 amide bonds. The van der Waals surface area contributed by atoms with E-state index < -0.39 is 12.0 Å². The molecule has 6 nitrogen and oxygen atoms in total. The summed E-state index contributed by atoms with van der Waals surface area (Å²) in [7, 11) is 0. The van der Waals surface area contributed by atoms with Gasteiger partial charge >= 0.3 is 5.97 Å². The minimum Gasteiger partial charge on any atom is -0.479 e. The summed E-state index contributed by atoms with van der Waals surface area (Å²) < 4.78 is 0. The number of nitrogens with zero attached hydrogens (tertiary/aromatic N) is 1. The molecular formula is C14H13N3O3. The van der Waals surface area contributed by atoms with Gasteiger partial charge in [-0.1, -0.05) is 24.3 Å². The summed E-state index contributed by atoms with van der Waals surface area (Å²) in [5.41, 5.74) is 1.17. The normalized spacial score (nSPS) is 11.4.